The zero-order chi connectivity index (χ0) is 17.6. The maximum absolute atomic E-state index is 12.2. The lowest BCUT2D eigenvalue weighted by atomic mass is 10.1. The summed E-state index contributed by atoms with van der Waals surface area (Å²) in [5.74, 6) is 1.65. The van der Waals surface area contributed by atoms with Gasteiger partial charge < -0.3 is 14.2 Å². The van der Waals surface area contributed by atoms with Gasteiger partial charge in [-0.2, -0.15) is 5.10 Å². The highest BCUT2D eigenvalue weighted by atomic mass is 16.6. The third-order valence-corrected chi connectivity index (χ3v) is 3.72. The number of ether oxygens (including phenoxy) is 3. The lowest BCUT2D eigenvalue weighted by Gasteiger charge is -2.24. The van der Waals surface area contributed by atoms with Crippen LogP contribution in [0.2, 0.25) is 0 Å². The van der Waals surface area contributed by atoms with Gasteiger partial charge in [0.05, 0.1) is 12.3 Å². The molecule has 130 valence electrons. The Kier molecular flexibility index (Phi) is 5.18. The number of benzene rings is 2. The van der Waals surface area contributed by atoms with Crippen LogP contribution in [0, 0.1) is 0 Å². The number of nitrogens with one attached hydrogen (secondary N) is 1. The third-order valence-electron chi connectivity index (χ3n) is 3.72. The fraction of sp³-hybridized carbons (Fsp3) is 0.263. The van der Waals surface area contributed by atoms with Crippen LogP contribution in [0.5, 0.6) is 17.2 Å². The average Bonchev–Trinajstić information content (AvgIpc) is 2.66. The fourth-order valence-electron chi connectivity index (χ4n) is 2.38. The van der Waals surface area contributed by atoms with E-state index in [1.54, 1.807) is 12.1 Å². The van der Waals surface area contributed by atoms with Crippen molar-refractivity contribution >= 4 is 11.6 Å². The van der Waals surface area contributed by atoms with Gasteiger partial charge in [-0.3, -0.25) is 4.79 Å². The van der Waals surface area contributed by atoms with Gasteiger partial charge in [-0.05, 0) is 55.8 Å². The predicted molar refractivity (Wildman–Crippen MR) is 94.3 cm³/mol. The summed E-state index contributed by atoms with van der Waals surface area (Å²) in [4.78, 5) is 12.2. The zero-order valence-corrected chi connectivity index (χ0v) is 14.2. The SMILES string of the molecule is CCOc1ccc(/C(C)=N\NC(=O)[C@@H]2COc3ccccc3O2)cc1. The number of rotatable bonds is 5. The monoisotopic (exact) mass is 340 g/mol. The summed E-state index contributed by atoms with van der Waals surface area (Å²) in [5.41, 5.74) is 4.12. The van der Waals surface area contributed by atoms with Crippen molar-refractivity contribution in [2.24, 2.45) is 5.10 Å². The Bertz CT molecular complexity index is 771. The Balaban J connectivity index is 1.60. The van der Waals surface area contributed by atoms with Gasteiger partial charge in [0.25, 0.3) is 5.91 Å². The van der Waals surface area contributed by atoms with Crippen molar-refractivity contribution in [1.29, 1.82) is 0 Å². The van der Waals surface area contributed by atoms with Crippen LogP contribution in [0.1, 0.15) is 19.4 Å². The first-order chi connectivity index (χ1) is 12.2. The van der Waals surface area contributed by atoms with Crippen molar-refractivity contribution in [3.05, 3.63) is 54.1 Å². The van der Waals surface area contributed by atoms with Crippen molar-refractivity contribution in [3.8, 4) is 17.2 Å². The van der Waals surface area contributed by atoms with Gasteiger partial charge in [0.2, 0.25) is 6.10 Å². The van der Waals surface area contributed by atoms with E-state index < -0.39 is 6.10 Å². The minimum absolute atomic E-state index is 0.153. The van der Waals surface area contributed by atoms with Crippen LogP contribution >= 0.6 is 0 Å². The number of fused-ring (bicyclic) bond motifs is 1. The maximum Gasteiger partial charge on any atom is 0.284 e. The minimum Gasteiger partial charge on any atom is -0.494 e. The first kappa shape index (κ1) is 16.8. The second-order valence-electron chi connectivity index (χ2n) is 5.49. The molecule has 1 N–H and O–H groups in total. The third kappa shape index (κ3) is 4.09. The molecule has 0 saturated heterocycles. The molecule has 0 unspecified atom stereocenters. The number of hydrazone groups is 1. The Morgan fingerprint density at radius 1 is 1.20 bits per heavy atom. The van der Waals surface area contributed by atoms with Crippen molar-refractivity contribution in [1.82, 2.24) is 5.43 Å². The van der Waals surface area contributed by atoms with Crippen molar-refractivity contribution in [2.75, 3.05) is 13.2 Å². The molecule has 0 fully saturated rings. The van der Waals surface area contributed by atoms with Crippen LogP contribution < -0.4 is 19.6 Å². The van der Waals surface area contributed by atoms with Gasteiger partial charge in [-0.15, -0.1) is 0 Å². The number of carbonyl (C=O) groups excluding carboxylic acids is 1. The molecule has 2 aromatic carbocycles. The summed E-state index contributed by atoms with van der Waals surface area (Å²) in [6, 6.07) is 14.8. The molecule has 2 aromatic rings. The molecular formula is C19H20N2O4. The molecule has 6 heteroatoms. The van der Waals surface area contributed by atoms with Gasteiger partial charge in [-0.1, -0.05) is 12.1 Å². The van der Waals surface area contributed by atoms with E-state index in [1.165, 1.54) is 0 Å². The smallest absolute Gasteiger partial charge is 0.284 e. The lowest BCUT2D eigenvalue weighted by Crippen LogP contribution is -2.42. The molecule has 1 aliphatic rings. The first-order valence-corrected chi connectivity index (χ1v) is 8.13. The van der Waals surface area contributed by atoms with Crippen LogP contribution in [0.3, 0.4) is 0 Å². The van der Waals surface area contributed by atoms with Crippen molar-refractivity contribution in [2.45, 2.75) is 20.0 Å². The second-order valence-corrected chi connectivity index (χ2v) is 5.49. The molecule has 1 atom stereocenters. The molecule has 0 spiro atoms. The van der Waals surface area contributed by atoms with Crippen LogP contribution in [-0.4, -0.2) is 30.9 Å². The zero-order valence-electron chi connectivity index (χ0n) is 14.2. The number of amides is 1. The van der Waals surface area contributed by atoms with E-state index in [-0.39, 0.29) is 12.5 Å². The van der Waals surface area contributed by atoms with Crippen LogP contribution in [-0.2, 0) is 4.79 Å². The van der Waals surface area contributed by atoms with Crippen LogP contribution in [0.15, 0.2) is 53.6 Å². The Labute approximate surface area is 146 Å². The highest BCUT2D eigenvalue weighted by molar-refractivity contribution is 5.99. The maximum atomic E-state index is 12.2. The van der Waals surface area contributed by atoms with Crippen LogP contribution in [0.4, 0.5) is 0 Å². The Morgan fingerprint density at radius 2 is 1.92 bits per heavy atom. The Morgan fingerprint density at radius 3 is 2.64 bits per heavy atom. The van der Waals surface area contributed by atoms with E-state index in [2.05, 4.69) is 10.5 Å². The van der Waals surface area contributed by atoms with Gasteiger partial charge in [0.1, 0.15) is 12.4 Å². The van der Waals surface area contributed by atoms with Crippen molar-refractivity contribution in [3.63, 3.8) is 0 Å². The number of carbonyl (C=O) groups is 1. The molecule has 0 radical (unpaired) electrons. The normalized spacial score (nSPS) is 16.2. The predicted octanol–water partition coefficient (Wildman–Crippen LogP) is 2.77. The quantitative estimate of drug-likeness (QED) is 0.671. The molecule has 0 bridgehead atoms. The second kappa shape index (κ2) is 7.70. The standard InChI is InChI=1S/C19H20N2O4/c1-3-23-15-10-8-14(9-11-15)13(2)20-21-19(22)18-12-24-16-6-4-5-7-17(16)25-18/h4-11,18H,3,12H2,1-2H3,(H,21,22)/b20-13-/t18-/m0/s1. The number of nitrogens with zero attached hydrogens (tertiary/aromatic N) is 1. The van der Waals surface area contributed by atoms with E-state index in [0.717, 1.165) is 11.3 Å². The van der Waals surface area contributed by atoms with Gasteiger partial charge in [0, 0.05) is 0 Å². The molecule has 1 heterocycles. The summed E-state index contributed by atoms with van der Waals surface area (Å²) >= 11 is 0. The molecule has 25 heavy (non-hydrogen) atoms. The topological polar surface area (TPSA) is 69.2 Å². The summed E-state index contributed by atoms with van der Waals surface area (Å²) in [7, 11) is 0. The van der Waals surface area contributed by atoms with Gasteiger partial charge in [0.15, 0.2) is 11.5 Å². The summed E-state index contributed by atoms with van der Waals surface area (Å²) < 4.78 is 16.6. The van der Waals surface area contributed by atoms with Gasteiger partial charge >= 0.3 is 0 Å². The molecule has 0 aliphatic carbocycles. The molecule has 1 aliphatic heterocycles. The number of hydrogen-bond acceptors (Lipinski definition) is 5. The first-order valence-electron chi connectivity index (χ1n) is 8.13. The van der Waals surface area contributed by atoms with Crippen molar-refractivity contribution < 1.29 is 19.0 Å². The summed E-state index contributed by atoms with van der Waals surface area (Å²) in [6.45, 7) is 4.53. The molecule has 0 saturated carbocycles. The summed E-state index contributed by atoms with van der Waals surface area (Å²) in [6.07, 6.45) is -0.730. The number of para-hydroxylation sites is 2. The molecule has 6 nitrogen and oxygen atoms in total. The number of hydrogen-bond donors (Lipinski definition) is 1. The minimum atomic E-state index is -0.730. The summed E-state index contributed by atoms with van der Waals surface area (Å²) in [5, 5.41) is 4.14. The average molecular weight is 340 g/mol. The van der Waals surface area contributed by atoms with E-state index in [4.69, 9.17) is 14.2 Å². The largest absolute Gasteiger partial charge is 0.494 e. The van der Waals surface area contributed by atoms with E-state index in [9.17, 15) is 4.79 Å². The lowest BCUT2D eigenvalue weighted by molar-refractivity contribution is -0.130. The molecule has 1 amide bonds. The van der Waals surface area contributed by atoms with Gasteiger partial charge in [-0.25, -0.2) is 5.43 Å². The molecule has 0 aromatic heterocycles. The van der Waals surface area contributed by atoms with E-state index >= 15 is 0 Å². The van der Waals surface area contributed by atoms with E-state index in [1.807, 2.05) is 50.2 Å². The molecular weight excluding hydrogens is 320 g/mol. The van der Waals surface area contributed by atoms with Crippen LogP contribution in [0.25, 0.3) is 0 Å². The fourth-order valence-corrected chi connectivity index (χ4v) is 2.38. The highest BCUT2D eigenvalue weighted by Gasteiger charge is 2.27. The molecule has 3 rings (SSSR count). The Hall–Kier alpha value is -3.02. The highest BCUT2D eigenvalue weighted by Crippen LogP contribution is 2.30. The van der Waals surface area contributed by atoms with E-state index in [0.29, 0.717) is 23.8 Å².